The maximum absolute atomic E-state index is 6.25. The predicted octanol–water partition coefficient (Wildman–Crippen LogP) is 4.43. The quantitative estimate of drug-likeness (QED) is 0.861. The van der Waals surface area contributed by atoms with Crippen molar-refractivity contribution in [2.75, 3.05) is 13.1 Å². The van der Waals surface area contributed by atoms with Gasteiger partial charge in [-0.05, 0) is 66.7 Å². The SMILES string of the molecule is NCC1CCCCN(C2CC2)C1c1cc(Br)c(Cl)s1. The molecule has 2 unspecified atom stereocenters. The van der Waals surface area contributed by atoms with Crippen LogP contribution in [0.1, 0.15) is 43.0 Å². The standard InChI is InChI=1S/C14H20BrClN2S/c15-11-7-12(19-14(11)16)13-9(8-17)3-1-2-6-18(13)10-4-5-10/h7,9-10,13H,1-6,8,17H2. The average molecular weight is 364 g/mol. The van der Waals surface area contributed by atoms with Gasteiger partial charge in [-0.15, -0.1) is 11.3 Å². The Balaban J connectivity index is 1.93. The Morgan fingerprint density at radius 3 is 2.74 bits per heavy atom. The van der Waals surface area contributed by atoms with E-state index in [1.165, 1.54) is 43.5 Å². The van der Waals surface area contributed by atoms with Gasteiger partial charge in [0, 0.05) is 21.4 Å². The second kappa shape index (κ2) is 6.02. The zero-order valence-corrected chi connectivity index (χ0v) is 14.1. The number of thiophene rings is 1. The van der Waals surface area contributed by atoms with E-state index in [-0.39, 0.29) is 0 Å². The first-order valence-electron chi connectivity index (χ1n) is 7.11. The van der Waals surface area contributed by atoms with Crippen molar-refractivity contribution in [2.45, 2.75) is 44.2 Å². The molecule has 0 amide bonds. The van der Waals surface area contributed by atoms with Crippen molar-refractivity contribution in [2.24, 2.45) is 11.7 Å². The molecule has 19 heavy (non-hydrogen) atoms. The van der Waals surface area contributed by atoms with E-state index in [1.807, 2.05) is 0 Å². The van der Waals surface area contributed by atoms with Gasteiger partial charge in [-0.3, -0.25) is 4.90 Å². The summed E-state index contributed by atoms with van der Waals surface area (Å²) in [5.74, 6) is 0.574. The summed E-state index contributed by atoms with van der Waals surface area (Å²) in [6.07, 6.45) is 6.57. The van der Waals surface area contributed by atoms with Crippen LogP contribution in [0.25, 0.3) is 0 Å². The summed E-state index contributed by atoms with van der Waals surface area (Å²) >= 11 is 11.5. The van der Waals surface area contributed by atoms with Crippen molar-refractivity contribution in [1.82, 2.24) is 4.90 Å². The highest BCUT2D eigenvalue weighted by Crippen LogP contribution is 2.46. The molecule has 0 radical (unpaired) electrons. The van der Waals surface area contributed by atoms with E-state index in [0.29, 0.717) is 12.0 Å². The number of halogens is 2. The fourth-order valence-corrected chi connectivity index (χ4v) is 5.19. The monoisotopic (exact) mass is 362 g/mol. The number of likely N-dealkylation sites (tertiary alicyclic amines) is 1. The lowest BCUT2D eigenvalue weighted by atomic mass is 9.93. The Hall–Kier alpha value is 0.390. The Bertz CT molecular complexity index is 427. The van der Waals surface area contributed by atoms with E-state index >= 15 is 0 Å². The van der Waals surface area contributed by atoms with E-state index in [9.17, 15) is 0 Å². The fourth-order valence-electron chi connectivity index (χ4n) is 3.24. The minimum absolute atomic E-state index is 0.480. The molecule has 1 saturated heterocycles. The lowest BCUT2D eigenvalue weighted by molar-refractivity contribution is 0.152. The smallest absolute Gasteiger partial charge is 0.107 e. The Morgan fingerprint density at radius 1 is 1.37 bits per heavy atom. The van der Waals surface area contributed by atoms with Crippen LogP contribution in [0.3, 0.4) is 0 Å². The van der Waals surface area contributed by atoms with Crippen LogP contribution in [0.2, 0.25) is 4.34 Å². The van der Waals surface area contributed by atoms with Crippen molar-refractivity contribution in [1.29, 1.82) is 0 Å². The second-order valence-electron chi connectivity index (χ2n) is 5.68. The number of rotatable bonds is 3. The summed E-state index contributed by atoms with van der Waals surface area (Å²) < 4.78 is 1.90. The molecule has 1 aliphatic carbocycles. The molecule has 5 heteroatoms. The third-order valence-electron chi connectivity index (χ3n) is 4.32. The molecule has 2 atom stereocenters. The largest absolute Gasteiger partial charge is 0.330 e. The molecule has 3 rings (SSSR count). The van der Waals surface area contributed by atoms with Crippen molar-refractivity contribution >= 4 is 38.9 Å². The van der Waals surface area contributed by atoms with E-state index in [1.54, 1.807) is 11.3 Å². The van der Waals surface area contributed by atoms with E-state index < -0.39 is 0 Å². The third kappa shape index (κ3) is 3.03. The van der Waals surface area contributed by atoms with Crippen LogP contribution in [-0.4, -0.2) is 24.0 Å². The van der Waals surface area contributed by atoms with Gasteiger partial charge in [0.05, 0.1) is 0 Å². The van der Waals surface area contributed by atoms with Crippen LogP contribution in [0, 0.1) is 5.92 Å². The van der Waals surface area contributed by atoms with Gasteiger partial charge in [0.2, 0.25) is 0 Å². The number of nitrogens with two attached hydrogens (primary N) is 1. The molecule has 2 aliphatic rings. The normalized spacial score (nSPS) is 29.4. The molecule has 0 spiro atoms. The predicted molar refractivity (Wildman–Crippen MR) is 85.9 cm³/mol. The Labute approximate surface area is 132 Å². The van der Waals surface area contributed by atoms with Gasteiger partial charge >= 0.3 is 0 Å². The Kier molecular flexibility index (Phi) is 4.54. The first-order chi connectivity index (χ1) is 9.20. The number of hydrogen-bond donors (Lipinski definition) is 1. The molecule has 2 heterocycles. The molecule has 2 N–H and O–H groups in total. The molecule has 1 aliphatic heterocycles. The van der Waals surface area contributed by atoms with E-state index in [2.05, 4.69) is 26.9 Å². The summed E-state index contributed by atoms with van der Waals surface area (Å²) in [4.78, 5) is 4.10. The first-order valence-corrected chi connectivity index (χ1v) is 9.10. The van der Waals surface area contributed by atoms with E-state index in [4.69, 9.17) is 17.3 Å². The summed E-state index contributed by atoms with van der Waals surface area (Å²) in [5.41, 5.74) is 6.06. The zero-order chi connectivity index (χ0) is 13.4. The lowest BCUT2D eigenvalue weighted by Gasteiger charge is -2.34. The van der Waals surface area contributed by atoms with Crippen molar-refractivity contribution in [3.8, 4) is 0 Å². The molecule has 2 fully saturated rings. The highest BCUT2D eigenvalue weighted by molar-refractivity contribution is 9.10. The minimum Gasteiger partial charge on any atom is -0.330 e. The average Bonchev–Trinajstić information content (AvgIpc) is 3.19. The molecule has 1 aromatic heterocycles. The Morgan fingerprint density at radius 2 is 2.16 bits per heavy atom. The molecule has 1 aromatic rings. The molecular weight excluding hydrogens is 344 g/mol. The van der Waals surface area contributed by atoms with Crippen molar-refractivity contribution < 1.29 is 0 Å². The van der Waals surface area contributed by atoms with Crippen LogP contribution in [0.5, 0.6) is 0 Å². The van der Waals surface area contributed by atoms with E-state index in [0.717, 1.165) is 21.4 Å². The maximum atomic E-state index is 6.25. The van der Waals surface area contributed by atoms with Crippen molar-refractivity contribution in [3.05, 3.63) is 19.8 Å². The molecule has 2 nitrogen and oxygen atoms in total. The minimum atomic E-state index is 0.480. The number of nitrogens with zero attached hydrogens (tertiary/aromatic N) is 1. The van der Waals surface area contributed by atoms with Gasteiger partial charge in [0.1, 0.15) is 4.34 Å². The van der Waals surface area contributed by atoms with Gasteiger partial charge in [-0.1, -0.05) is 18.0 Å². The zero-order valence-electron chi connectivity index (χ0n) is 10.9. The fraction of sp³-hybridized carbons (Fsp3) is 0.714. The number of hydrogen-bond acceptors (Lipinski definition) is 3. The van der Waals surface area contributed by atoms with Gasteiger partial charge in [-0.25, -0.2) is 0 Å². The summed E-state index contributed by atoms with van der Waals surface area (Å²) in [6.45, 7) is 2.00. The van der Waals surface area contributed by atoms with Gasteiger partial charge < -0.3 is 5.73 Å². The van der Waals surface area contributed by atoms with Crippen LogP contribution < -0.4 is 5.73 Å². The maximum Gasteiger partial charge on any atom is 0.107 e. The van der Waals surface area contributed by atoms with Crippen molar-refractivity contribution in [3.63, 3.8) is 0 Å². The van der Waals surface area contributed by atoms with Gasteiger partial charge in [0.25, 0.3) is 0 Å². The summed E-state index contributed by atoms with van der Waals surface area (Å²) in [5, 5.41) is 0. The lowest BCUT2D eigenvalue weighted by Crippen LogP contribution is -2.36. The molecule has 0 aromatic carbocycles. The van der Waals surface area contributed by atoms with Crippen LogP contribution >= 0.6 is 38.9 Å². The topological polar surface area (TPSA) is 29.3 Å². The first kappa shape index (κ1) is 14.3. The third-order valence-corrected chi connectivity index (χ3v) is 6.86. The summed E-state index contributed by atoms with van der Waals surface area (Å²) in [6, 6.07) is 3.48. The summed E-state index contributed by atoms with van der Waals surface area (Å²) in [7, 11) is 0. The highest BCUT2D eigenvalue weighted by atomic mass is 79.9. The van der Waals surface area contributed by atoms with Crippen LogP contribution in [0.15, 0.2) is 10.5 Å². The van der Waals surface area contributed by atoms with Crippen LogP contribution in [0.4, 0.5) is 0 Å². The molecule has 1 saturated carbocycles. The van der Waals surface area contributed by atoms with Gasteiger partial charge in [0.15, 0.2) is 0 Å². The molecule has 106 valence electrons. The van der Waals surface area contributed by atoms with Gasteiger partial charge in [-0.2, -0.15) is 0 Å². The second-order valence-corrected chi connectivity index (χ2v) is 8.22. The highest BCUT2D eigenvalue weighted by Gasteiger charge is 2.39. The molecular formula is C14H20BrClN2S. The molecule has 0 bridgehead atoms. The van der Waals surface area contributed by atoms with Crippen LogP contribution in [-0.2, 0) is 0 Å².